The van der Waals surface area contributed by atoms with E-state index in [1.165, 1.54) is 36.4 Å². The fraction of sp³-hybridized carbons (Fsp3) is 0.333. The third-order valence-corrected chi connectivity index (χ3v) is 4.30. The van der Waals surface area contributed by atoms with Crippen LogP contribution in [0.1, 0.15) is 67.1 Å². The smallest absolute Gasteiger partial charge is 0.545 e. The van der Waals surface area contributed by atoms with E-state index in [0.29, 0.717) is 25.7 Å². The van der Waals surface area contributed by atoms with Gasteiger partial charge in [0, 0.05) is 24.3 Å². The molecule has 0 heterocycles. The zero-order valence-electron chi connectivity index (χ0n) is 18.8. The van der Waals surface area contributed by atoms with Crippen molar-refractivity contribution in [3.8, 4) is 0 Å². The molecule has 0 unspecified atom stereocenters. The molecule has 0 aliphatic carbocycles. The molecule has 189 valence electrons. The van der Waals surface area contributed by atoms with Crippen LogP contribution in [0.25, 0.3) is 0 Å². The van der Waals surface area contributed by atoms with Crippen molar-refractivity contribution in [2.75, 3.05) is 26.4 Å². The third-order valence-electron chi connectivity index (χ3n) is 4.30. The molecule has 0 amide bonds. The Bertz CT molecular complexity index is 883. The first-order valence-corrected chi connectivity index (χ1v) is 10.5. The maximum absolute atomic E-state index is 11.6. The van der Waals surface area contributed by atoms with Crippen molar-refractivity contribution in [3.05, 3.63) is 70.8 Å². The number of carboxylic acid groups (broad SMARTS) is 2. The number of rotatable bonds is 12. The summed E-state index contributed by atoms with van der Waals surface area (Å²) < 4.78 is 9.76. The van der Waals surface area contributed by atoms with Crippen LogP contribution < -0.4 is 10.2 Å². The zero-order chi connectivity index (χ0) is 25.3. The Labute approximate surface area is 213 Å². The second-order valence-electron chi connectivity index (χ2n) is 6.80. The van der Waals surface area contributed by atoms with Gasteiger partial charge in [-0.25, -0.2) is 9.59 Å². The van der Waals surface area contributed by atoms with Crippen molar-refractivity contribution in [1.82, 2.24) is 0 Å². The largest absolute Gasteiger partial charge is 2.00 e. The van der Waals surface area contributed by atoms with Crippen molar-refractivity contribution < 1.29 is 66.1 Å². The van der Waals surface area contributed by atoms with E-state index >= 15 is 0 Å². The van der Waals surface area contributed by atoms with Gasteiger partial charge in [-0.3, -0.25) is 0 Å². The Hall–Kier alpha value is -3.24. The molecule has 11 heteroatoms. The summed E-state index contributed by atoms with van der Waals surface area (Å²) in [5.41, 5.74) is -0.396. The number of hydrogen-bond acceptors (Lipinski definition) is 10. The molecular weight excluding hydrogens is 503 g/mol. The molecule has 0 fully saturated rings. The van der Waals surface area contributed by atoms with E-state index in [9.17, 15) is 29.4 Å². The van der Waals surface area contributed by atoms with Gasteiger partial charge in [0.2, 0.25) is 0 Å². The number of aliphatic hydroxyl groups excluding tert-OH is 2. The monoisotopic (exact) mass is 529 g/mol. The summed E-state index contributed by atoms with van der Waals surface area (Å²) in [6.45, 7) is 0.377. The Morgan fingerprint density at radius 1 is 0.600 bits per heavy atom. The van der Waals surface area contributed by atoms with Crippen molar-refractivity contribution in [2.24, 2.45) is 0 Å². The second kappa shape index (κ2) is 18.1. The minimum Gasteiger partial charge on any atom is -0.545 e. The van der Waals surface area contributed by atoms with E-state index in [4.69, 9.17) is 19.7 Å². The van der Waals surface area contributed by atoms with Gasteiger partial charge < -0.3 is 39.5 Å². The van der Waals surface area contributed by atoms with Crippen molar-refractivity contribution in [1.29, 1.82) is 0 Å². The number of ether oxygens (including phenoxy) is 2. The summed E-state index contributed by atoms with van der Waals surface area (Å²) in [5.74, 6) is -4.20. The SMILES string of the molecule is O=C([O-])c1ccccc1C(=O)OCCCCO.O=C([O-])c1ccccc1C(=O)OCCCCO.[Mn+2]. The van der Waals surface area contributed by atoms with E-state index in [1.807, 2.05) is 0 Å². The molecule has 0 atom stereocenters. The molecule has 0 aromatic heterocycles. The molecule has 2 aromatic rings. The number of carbonyl (C=O) groups is 4. The van der Waals surface area contributed by atoms with E-state index < -0.39 is 23.9 Å². The summed E-state index contributed by atoms with van der Waals surface area (Å²) in [4.78, 5) is 44.6. The van der Waals surface area contributed by atoms with Crippen molar-refractivity contribution in [3.63, 3.8) is 0 Å². The summed E-state index contributed by atoms with van der Waals surface area (Å²) in [6.07, 6.45) is 2.15. The van der Waals surface area contributed by atoms with Gasteiger partial charge in [-0.1, -0.05) is 36.4 Å². The van der Waals surface area contributed by atoms with Crippen LogP contribution in [0.3, 0.4) is 0 Å². The fourth-order valence-corrected chi connectivity index (χ4v) is 2.59. The number of carboxylic acids is 2. The first-order chi connectivity index (χ1) is 16.3. The first kappa shape index (κ1) is 31.8. The van der Waals surface area contributed by atoms with Crippen LogP contribution in [0.5, 0.6) is 0 Å². The maximum atomic E-state index is 11.6. The van der Waals surface area contributed by atoms with Gasteiger partial charge in [-0.05, 0) is 37.8 Å². The molecule has 2 rings (SSSR count). The number of aromatic carboxylic acids is 2. The number of carbonyl (C=O) groups excluding carboxylic acids is 4. The summed E-state index contributed by atoms with van der Waals surface area (Å²) in [6, 6.07) is 11.5. The zero-order valence-corrected chi connectivity index (χ0v) is 20.0. The average molecular weight is 529 g/mol. The Morgan fingerprint density at radius 2 is 0.914 bits per heavy atom. The van der Waals surface area contributed by atoms with Gasteiger partial charge >= 0.3 is 29.0 Å². The molecule has 35 heavy (non-hydrogen) atoms. The van der Waals surface area contributed by atoms with E-state index in [0.717, 1.165) is 0 Å². The van der Waals surface area contributed by atoms with Gasteiger partial charge in [0.05, 0.1) is 36.3 Å². The van der Waals surface area contributed by atoms with Crippen LogP contribution >= 0.6 is 0 Å². The molecule has 0 aliphatic heterocycles. The molecule has 10 nitrogen and oxygen atoms in total. The van der Waals surface area contributed by atoms with Crippen LogP contribution in [-0.4, -0.2) is 60.5 Å². The molecule has 2 N–H and O–H groups in total. The number of hydrogen-bond donors (Lipinski definition) is 2. The number of aliphatic hydroxyl groups is 2. The molecule has 0 bridgehead atoms. The predicted molar refractivity (Wildman–Crippen MR) is 115 cm³/mol. The van der Waals surface area contributed by atoms with Crippen LogP contribution in [0.15, 0.2) is 48.5 Å². The predicted octanol–water partition coefficient (Wildman–Crippen LogP) is -0.0437. The van der Waals surface area contributed by atoms with Crippen LogP contribution in [-0.2, 0) is 26.5 Å². The number of esters is 2. The minimum absolute atomic E-state index is 0. The molecule has 1 radical (unpaired) electrons. The molecule has 0 saturated heterocycles. The van der Waals surface area contributed by atoms with E-state index in [1.54, 1.807) is 12.1 Å². The average Bonchev–Trinajstić information content (AvgIpc) is 2.84. The number of unbranched alkanes of at least 4 members (excludes halogenated alkanes) is 2. The summed E-state index contributed by atoms with van der Waals surface area (Å²) in [7, 11) is 0. The Morgan fingerprint density at radius 3 is 1.20 bits per heavy atom. The summed E-state index contributed by atoms with van der Waals surface area (Å²) in [5, 5.41) is 38.6. The first-order valence-electron chi connectivity index (χ1n) is 10.5. The number of benzene rings is 2. The van der Waals surface area contributed by atoms with Crippen LogP contribution in [0.2, 0.25) is 0 Å². The summed E-state index contributed by atoms with van der Waals surface area (Å²) >= 11 is 0. The van der Waals surface area contributed by atoms with E-state index in [2.05, 4.69) is 0 Å². The van der Waals surface area contributed by atoms with Gasteiger partial charge in [0.15, 0.2) is 0 Å². The van der Waals surface area contributed by atoms with Gasteiger partial charge in [-0.15, -0.1) is 0 Å². The normalized spacial score (nSPS) is 9.66. The van der Waals surface area contributed by atoms with Gasteiger partial charge in [0.1, 0.15) is 0 Å². The van der Waals surface area contributed by atoms with Crippen molar-refractivity contribution >= 4 is 23.9 Å². The molecular formula is C24H26MnO10. The topological polar surface area (TPSA) is 173 Å². The quantitative estimate of drug-likeness (QED) is 0.216. The maximum Gasteiger partial charge on any atom is 2.00 e. The minimum atomic E-state index is -1.41. The molecule has 2 aromatic carbocycles. The van der Waals surface area contributed by atoms with Gasteiger partial charge in [0.25, 0.3) is 0 Å². The van der Waals surface area contributed by atoms with Crippen LogP contribution in [0.4, 0.5) is 0 Å². The fourth-order valence-electron chi connectivity index (χ4n) is 2.59. The van der Waals surface area contributed by atoms with E-state index in [-0.39, 0.29) is 65.8 Å². The molecule has 0 aliphatic rings. The van der Waals surface area contributed by atoms with Crippen LogP contribution in [0, 0.1) is 0 Å². The standard InChI is InChI=1S/2C12H14O5.Mn/c2*13-7-3-4-8-17-12(16)10-6-2-1-5-9(10)11(14)15;/h2*1-2,5-6,13H,3-4,7-8H2,(H,14,15);/q;;+2/p-2. The Kier molecular flexibility index (Phi) is 16.5. The third kappa shape index (κ3) is 11.6. The molecule has 0 saturated carbocycles. The van der Waals surface area contributed by atoms with Gasteiger partial charge in [-0.2, -0.15) is 0 Å². The van der Waals surface area contributed by atoms with Crippen molar-refractivity contribution in [2.45, 2.75) is 25.7 Å². The molecule has 0 spiro atoms. The second-order valence-corrected chi connectivity index (χ2v) is 6.80. The Balaban J connectivity index is 0.000000642.